The molecule has 1 aliphatic carbocycles. The van der Waals surface area contributed by atoms with Gasteiger partial charge in [-0.2, -0.15) is 0 Å². The van der Waals surface area contributed by atoms with Crippen molar-refractivity contribution < 1.29 is 0 Å². The van der Waals surface area contributed by atoms with E-state index in [4.69, 9.17) is 0 Å². The maximum Gasteiger partial charge on any atom is 0.0420 e. The molecule has 90 valence electrons. The SMILES string of the molecule is CCNC(CC1CCCC1)c1sccc1C. The van der Waals surface area contributed by atoms with Crippen LogP contribution in [-0.4, -0.2) is 6.54 Å². The van der Waals surface area contributed by atoms with Gasteiger partial charge in [-0.25, -0.2) is 0 Å². The Bertz CT molecular complexity index is 312. The normalized spacial score (nSPS) is 19.1. The van der Waals surface area contributed by atoms with Crippen molar-refractivity contribution >= 4 is 11.3 Å². The molecule has 0 saturated heterocycles. The summed E-state index contributed by atoms with van der Waals surface area (Å²) in [6.07, 6.45) is 7.15. The average molecular weight is 237 g/mol. The van der Waals surface area contributed by atoms with E-state index in [1.54, 1.807) is 4.88 Å². The standard InChI is InChI=1S/C14H23NS/c1-3-15-13(10-12-6-4-5-7-12)14-11(2)8-9-16-14/h8-9,12-13,15H,3-7,10H2,1-2H3. The lowest BCUT2D eigenvalue weighted by molar-refractivity contribution is 0.404. The molecule has 1 aliphatic rings. The zero-order chi connectivity index (χ0) is 11.4. The quantitative estimate of drug-likeness (QED) is 0.805. The predicted molar refractivity (Wildman–Crippen MR) is 72.0 cm³/mol. The lowest BCUT2D eigenvalue weighted by atomic mass is 9.96. The molecule has 2 rings (SSSR count). The Morgan fingerprint density at radius 2 is 2.19 bits per heavy atom. The molecule has 1 unspecified atom stereocenters. The van der Waals surface area contributed by atoms with Crippen LogP contribution in [0.1, 0.15) is 55.5 Å². The number of hydrogen-bond donors (Lipinski definition) is 1. The Morgan fingerprint density at radius 1 is 1.44 bits per heavy atom. The van der Waals surface area contributed by atoms with Crippen molar-refractivity contribution in [2.75, 3.05) is 6.54 Å². The number of hydrogen-bond acceptors (Lipinski definition) is 2. The molecule has 0 aromatic carbocycles. The van der Waals surface area contributed by atoms with Crippen molar-refractivity contribution in [1.82, 2.24) is 5.32 Å². The second-order valence-corrected chi connectivity index (χ2v) is 5.91. The highest BCUT2D eigenvalue weighted by atomic mass is 32.1. The average Bonchev–Trinajstić information content (AvgIpc) is 2.88. The van der Waals surface area contributed by atoms with Crippen LogP contribution in [-0.2, 0) is 0 Å². The van der Waals surface area contributed by atoms with E-state index in [-0.39, 0.29) is 0 Å². The third-order valence-corrected chi connectivity index (χ3v) is 4.85. The maximum atomic E-state index is 3.66. The first-order chi connectivity index (χ1) is 7.81. The van der Waals surface area contributed by atoms with Gasteiger partial charge in [0.25, 0.3) is 0 Å². The number of aryl methyl sites for hydroxylation is 1. The number of thiophene rings is 1. The van der Waals surface area contributed by atoms with Crippen molar-refractivity contribution in [3.05, 3.63) is 21.9 Å². The molecular weight excluding hydrogens is 214 g/mol. The molecule has 2 heteroatoms. The summed E-state index contributed by atoms with van der Waals surface area (Å²) in [5.74, 6) is 0.963. The molecule has 1 atom stereocenters. The molecule has 0 aliphatic heterocycles. The summed E-state index contributed by atoms with van der Waals surface area (Å²) in [5, 5.41) is 5.89. The van der Waals surface area contributed by atoms with Crippen molar-refractivity contribution in [1.29, 1.82) is 0 Å². The van der Waals surface area contributed by atoms with Crippen LogP contribution in [0.4, 0.5) is 0 Å². The molecule has 1 nitrogen and oxygen atoms in total. The minimum atomic E-state index is 0.605. The van der Waals surface area contributed by atoms with Crippen LogP contribution in [0, 0.1) is 12.8 Å². The van der Waals surface area contributed by atoms with Gasteiger partial charge in [-0.3, -0.25) is 0 Å². The molecule has 16 heavy (non-hydrogen) atoms. The fraction of sp³-hybridized carbons (Fsp3) is 0.714. The fourth-order valence-electron chi connectivity index (χ4n) is 2.85. The third kappa shape index (κ3) is 2.86. The lowest BCUT2D eigenvalue weighted by Crippen LogP contribution is -2.22. The van der Waals surface area contributed by atoms with Crippen LogP contribution >= 0.6 is 11.3 Å². The highest BCUT2D eigenvalue weighted by molar-refractivity contribution is 7.10. The van der Waals surface area contributed by atoms with Gasteiger partial charge in [-0.15, -0.1) is 11.3 Å². The van der Waals surface area contributed by atoms with Gasteiger partial charge in [0.15, 0.2) is 0 Å². The van der Waals surface area contributed by atoms with Crippen LogP contribution in [0.25, 0.3) is 0 Å². The molecule has 1 fully saturated rings. The monoisotopic (exact) mass is 237 g/mol. The second-order valence-electron chi connectivity index (χ2n) is 4.96. The second kappa shape index (κ2) is 5.83. The summed E-state index contributed by atoms with van der Waals surface area (Å²) < 4.78 is 0. The minimum absolute atomic E-state index is 0.605. The van der Waals surface area contributed by atoms with E-state index in [1.165, 1.54) is 37.7 Å². The zero-order valence-electron chi connectivity index (χ0n) is 10.5. The summed E-state index contributed by atoms with van der Waals surface area (Å²) in [6.45, 7) is 5.53. The lowest BCUT2D eigenvalue weighted by Gasteiger charge is -2.21. The first kappa shape index (κ1) is 12.1. The minimum Gasteiger partial charge on any atom is -0.310 e. The predicted octanol–water partition coefficient (Wildman–Crippen LogP) is 4.29. The summed E-state index contributed by atoms with van der Waals surface area (Å²) in [5.41, 5.74) is 1.47. The summed E-state index contributed by atoms with van der Waals surface area (Å²) in [7, 11) is 0. The molecule has 0 bridgehead atoms. The molecule has 0 amide bonds. The van der Waals surface area contributed by atoms with Gasteiger partial charge in [0.05, 0.1) is 0 Å². The number of rotatable bonds is 5. The molecule has 1 heterocycles. The van der Waals surface area contributed by atoms with Crippen LogP contribution in [0.15, 0.2) is 11.4 Å². The smallest absolute Gasteiger partial charge is 0.0420 e. The van der Waals surface area contributed by atoms with Gasteiger partial charge in [0, 0.05) is 10.9 Å². The van der Waals surface area contributed by atoms with Gasteiger partial charge >= 0.3 is 0 Å². The zero-order valence-corrected chi connectivity index (χ0v) is 11.3. The van der Waals surface area contributed by atoms with Crippen molar-refractivity contribution in [2.45, 2.75) is 52.0 Å². The van der Waals surface area contributed by atoms with Gasteiger partial charge in [-0.1, -0.05) is 32.6 Å². The summed E-state index contributed by atoms with van der Waals surface area (Å²) in [4.78, 5) is 1.56. The Kier molecular flexibility index (Phi) is 4.42. The molecular formula is C14H23NS. The topological polar surface area (TPSA) is 12.0 Å². The summed E-state index contributed by atoms with van der Waals surface area (Å²) >= 11 is 1.92. The Labute approximate surface area is 103 Å². The first-order valence-corrected chi connectivity index (χ1v) is 7.46. The van der Waals surface area contributed by atoms with E-state index in [1.807, 2.05) is 11.3 Å². The van der Waals surface area contributed by atoms with Gasteiger partial charge in [-0.05, 0) is 42.8 Å². The third-order valence-electron chi connectivity index (χ3n) is 3.71. The van der Waals surface area contributed by atoms with Crippen molar-refractivity contribution in [2.24, 2.45) is 5.92 Å². The molecule has 1 aromatic rings. The van der Waals surface area contributed by atoms with Gasteiger partial charge in [0.2, 0.25) is 0 Å². The van der Waals surface area contributed by atoms with Crippen LogP contribution < -0.4 is 5.32 Å². The van der Waals surface area contributed by atoms with Crippen LogP contribution in [0.5, 0.6) is 0 Å². The van der Waals surface area contributed by atoms with E-state index in [0.717, 1.165) is 12.5 Å². The highest BCUT2D eigenvalue weighted by Crippen LogP contribution is 2.35. The van der Waals surface area contributed by atoms with E-state index in [2.05, 4.69) is 30.6 Å². The van der Waals surface area contributed by atoms with E-state index < -0.39 is 0 Å². The molecule has 1 aromatic heterocycles. The Balaban J connectivity index is 2.01. The van der Waals surface area contributed by atoms with E-state index in [9.17, 15) is 0 Å². The maximum absolute atomic E-state index is 3.66. The molecule has 0 radical (unpaired) electrons. The fourth-order valence-corrected chi connectivity index (χ4v) is 3.87. The van der Waals surface area contributed by atoms with Crippen molar-refractivity contribution in [3.63, 3.8) is 0 Å². The number of nitrogens with one attached hydrogen (secondary N) is 1. The summed E-state index contributed by atoms with van der Waals surface area (Å²) in [6, 6.07) is 2.85. The molecule has 0 spiro atoms. The first-order valence-electron chi connectivity index (χ1n) is 6.58. The Hall–Kier alpha value is -0.340. The van der Waals surface area contributed by atoms with Crippen molar-refractivity contribution in [3.8, 4) is 0 Å². The van der Waals surface area contributed by atoms with Gasteiger partial charge in [0.1, 0.15) is 0 Å². The highest BCUT2D eigenvalue weighted by Gasteiger charge is 2.22. The Morgan fingerprint density at radius 3 is 2.75 bits per heavy atom. The molecule has 1 N–H and O–H groups in total. The van der Waals surface area contributed by atoms with E-state index >= 15 is 0 Å². The largest absolute Gasteiger partial charge is 0.310 e. The van der Waals surface area contributed by atoms with Crippen LogP contribution in [0.2, 0.25) is 0 Å². The molecule has 1 saturated carbocycles. The van der Waals surface area contributed by atoms with Crippen LogP contribution in [0.3, 0.4) is 0 Å². The van der Waals surface area contributed by atoms with E-state index in [0.29, 0.717) is 6.04 Å². The van der Waals surface area contributed by atoms with Gasteiger partial charge < -0.3 is 5.32 Å².